The molecule has 0 atom stereocenters. The number of hydrogen-bond acceptors (Lipinski definition) is 2. The van der Waals surface area contributed by atoms with E-state index in [0.29, 0.717) is 12.1 Å². The smallest absolute Gasteiger partial charge is 0.251 e. The molecule has 0 aromatic heterocycles. The lowest BCUT2D eigenvalue weighted by Crippen LogP contribution is -2.17. The van der Waals surface area contributed by atoms with Crippen molar-refractivity contribution in [1.29, 1.82) is 0 Å². The minimum atomic E-state index is -0.244. The average Bonchev–Trinajstić information content (AvgIpc) is 2.47. The highest BCUT2D eigenvalue weighted by Crippen LogP contribution is 2.15. The molecule has 0 spiro atoms. The molecule has 4 heteroatoms. The molecule has 0 bridgehead atoms. The zero-order chi connectivity index (χ0) is 14.5. The van der Waals surface area contributed by atoms with Gasteiger partial charge < -0.3 is 10.6 Å². The van der Waals surface area contributed by atoms with Gasteiger partial charge in [-0.2, -0.15) is 0 Å². The molecule has 2 N–H and O–H groups in total. The lowest BCUT2D eigenvalue weighted by Gasteiger charge is -2.10. The van der Waals surface area contributed by atoms with Gasteiger partial charge in [-0.3, -0.25) is 4.79 Å². The van der Waals surface area contributed by atoms with E-state index >= 15 is 0 Å². The SMILES string of the molecule is CNC(=O)c1cccc(NCc2cc(F)ccc2C)c1. The van der Waals surface area contributed by atoms with Crippen LogP contribution in [0.3, 0.4) is 0 Å². The summed E-state index contributed by atoms with van der Waals surface area (Å²) in [4.78, 5) is 11.6. The number of rotatable bonds is 4. The standard InChI is InChI=1S/C16H17FN2O/c1-11-6-7-14(17)8-13(11)10-19-15-5-3-4-12(9-15)16(20)18-2/h3-9,19H,10H2,1-2H3,(H,18,20). The van der Waals surface area contributed by atoms with Crippen LogP contribution < -0.4 is 10.6 Å². The third-order valence-electron chi connectivity index (χ3n) is 3.15. The molecule has 0 radical (unpaired) electrons. The maximum absolute atomic E-state index is 13.2. The van der Waals surface area contributed by atoms with E-state index in [1.807, 2.05) is 19.1 Å². The third kappa shape index (κ3) is 3.35. The molecule has 2 aromatic rings. The molecule has 0 aliphatic carbocycles. The van der Waals surface area contributed by atoms with Gasteiger partial charge in [-0.1, -0.05) is 12.1 Å². The molecule has 0 saturated carbocycles. The largest absolute Gasteiger partial charge is 0.381 e. The predicted octanol–water partition coefficient (Wildman–Crippen LogP) is 3.11. The molecule has 104 valence electrons. The number of amides is 1. The Balaban J connectivity index is 2.11. The van der Waals surface area contributed by atoms with Gasteiger partial charge in [0.2, 0.25) is 0 Å². The maximum atomic E-state index is 13.2. The van der Waals surface area contributed by atoms with E-state index in [0.717, 1.165) is 16.8 Å². The van der Waals surface area contributed by atoms with Gasteiger partial charge in [0, 0.05) is 24.8 Å². The Bertz CT molecular complexity index is 626. The highest BCUT2D eigenvalue weighted by atomic mass is 19.1. The molecule has 0 unspecified atom stereocenters. The maximum Gasteiger partial charge on any atom is 0.251 e. The van der Waals surface area contributed by atoms with E-state index in [4.69, 9.17) is 0 Å². The molecule has 2 aromatic carbocycles. The number of nitrogens with one attached hydrogen (secondary N) is 2. The van der Waals surface area contributed by atoms with Crippen molar-refractivity contribution in [2.24, 2.45) is 0 Å². The minimum Gasteiger partial charge on any atom is -0.381 e. The Morgan fingerprint density at radius 3 is 2.75 bits per heavy atom. The lowest BCUT2D eigenvalue weighted by molar-refractivity contribution is 0.0963. The summed E-state index contributed by atoms with van der Waals surface area (Å²) in [5.41, 5.74) is 3.35. The first-order valence-corrected chi connectivity index (χ1v) is 6.41. The summed E-state index contributed by atoms with van der Waals surface area (Å²) < 4.78 is 13.2. The second-order valence-corrected chi connectivity index (χ2v) is 4.58. The van der Waals surface area contributed by atoms with Crippen LogP contribution >= 0.6 is 0 Å². The Hall–Kier alpha value is -2.36. The van der Waals surface area contributed by atoms with Gasteiger partial charge in [-0.25, -0.2) is 4.39 Å². The van der Waals surface area contributed by atoms with Crippen molar-refractivity contribution in [3.05, 3.63) is 65.0 Å². The van der Waals surface area contributed by atoms with Crippen LogP contribution in [0.2, 0.25) is 0 Å². The average molecular weight is 272 g/mol. The Kier molecular flexibility index (Phi) is 4.35. The van der Waals surface area contributed by atoms with Crippen LogP contribution in [0.25, 0.3) is 0 Å². The summed E-state index contributed by atoms with van der Waals surface area (Å²) in [7, 11) is 1.60. The van der Waals surface area contributed by atoms with Crippen molar-refractivity contribution in [1.82, 2.24) is 5.32 Å². The fourth-order valence-electron chi connectivity index (χ4n) is 1.94. The molecule has 0 fully saturated rings. The van der Waals surface area contributed by atoms with Gasteiger partial charge in [0.1, 0.15) is 5.82 Å². The molecule has 3 nitrogen and oxygen atoms in total. The first-order valence-electron chi connectivity index (χ1n) is 6.41. The number of anilines is 1. The number of carbonyl (C=O) groups is 1. The first-order chi connectivity index (χ1) is 9.60. The van der Waals surface area contributed by atoms with Crippen LogP contribution in [0, 0.1) is 12.7 Å². The van der Waals surface area contributed by atoms with Gasteiger partial charge in [0.25, 0.3) is 5.91 Å². The normalized spacial score (nSPS) is 10.2. The van der Waals surface area contributed by atoms with Crippen molar-refractivity contribution >= 4 is 11.6 Å². The van der Waals surface area contributed by atoms with Gasteiger partial charge in [-0.15, -0.1) is 0 Å². The monoisotopic (exact) mass is 272 g/mol. The molecule has 1 amide bonds. The fraction of sp³-hybridized carbons (Fsp3) is 0.188. The lowest BCUT2D eigenvalue weighted by atomic mass is 10.1. The zero-order valence-corrected chi connectivity index (χ0v) is 11.5. The minimum absolute atomic E-state index is 0.129. The summed E-state index contributed by atoms with van der Waals surface area (Å²) >= 11 is 0. The van der Waals surface area contributed by atoms with Gasteiger partial charge >= 0.3 is 0 Å². The summed E-state index contributed by atoms with van der Waals surface area (Å²) in [5, 5.41) is 5.78. The van der Waals surface area contributed by atoms with E-state index in [1.54, 1.807) is 25.2 Å². The molecule has 0 aliphatic rings. The van der Waals surface area contributed by atoms with Crippen molar-refractivity contribution in [3.63, 3.8) is 0 Å². The predicted molar refractivity (Wildman–Crippen MR) is 78.3 cm³/mol. The second kappa shape index (κ2) is 6.19. The molecule has 0 saturated heterocycles. The van der Waals surface area contributed by atoms with Gasteiger partial charge in [0.15, 0.2) is 0 Å². The summed E-state index contributed by atoms with van der Waals surface area (Å²) in [5.74, 6) is -0.373. The van der Waals surface area contributed by atoms with Gasteiger partial charge in [-0.05, 0) is 48.4 Å². The molecule has 2 rings (SSSR count). The number of hydrogen-bond donors (Lipinski definition) is 2. The quantitative estimate of drug-likeness (QED) is 0.898. The van der Waals surface area contributed by atoms with Crippen LogP contribution in [0.15, 0.2) is 42.5 Å². The Morgan fingerprint density at radius 2 is 2.00 bits per heavy atom. The molecule has 0 heterocycles. The van der Waals surface area contributed by atoms with E-state index in [2.05, 4.69) is 10.6 Å². The van der Waals surface area contributed by atoms with Crippen molar-refractivity contribution in [2.45, 2.75) is 13.5 Å². The summed E-state index contributed by atoms with van der Waals surface area (Å²) in [6.45, 7) is 2.46. The Morgan fingerprint density at radius 1 is 1.20 bits per heavy atom. The summed E-state index contributed by atoms with van der Waals surface area (Å²) in [6.07, 6.45) is 0. The zero-order valence-electron chi connectivity index (χ0n) is 11.5. The fourth-order valence-corrected chi connectivity index (χ4v) is 1.94. The van der Waals surface area contributed by atoms with Crippen LogP contribution in [0.5, 0.6) is 0 Å². The second-order valence-electron chi connectivity index (χ2n) is 4.58. The molecule has 0 aliphatic heterocycles. The van der Waals surface area contributed by atoms with E-state index in [1.165, 1.54) is 12.1 Å². The highest BCUT2D eigenvalue weighted by Gasteiger charge is 2.04. The van der Waals surface area contributed by atoms with E-state index in [-0.39, 0.29) is 11.7 Å². The topological polar surface area (TPSA) is 41.1 Å². The van der Waals surface area contributed by atoms with Crippen molar-refractivity contribution in [2.75, 3.05) is 12.4 Å². The van der Waals surface area contributed by atoms with E-state index in [9.17, 15) is 9.18 Å². The third-order valence-corrected chi connectivity index (χ3v) is 3.15. The number of carbonyl (C=O) groups excluding carboxylic acids is 1. The first kappa shape index (κ1) is 14.1. The highest BCUT2D eigenvalue weighted by molar-refractivity contribution is 5.94. The number of benzene rings is 2. The molecular weight excluding hydrogens is 255 g/mol. The van der Waals surface area contributed by atoms with Crippen LogP contribution in [0.1, 0.15) is 21.5 Å². The van der Waals surface area contributed by atoms with Gasteiger partial charge in [0.05, 0.1) is 0 Å². The van der Waals surface area contributed by atoms with Crippen LogP contribution in [-0.2, 0) is 6.54 Å². The molecule has 20 heavy (non-hydrogen) atoms. The van der Waals surface area contributed by atoms with E-state index < -0.39 is 0 Å². The Labute approximate surface area is 117 Å². The number of halogens is 1. The van der Waals surface area contributed by atoms with Crippen molar-refractivity contribution in [3.8, 4) is 0 Å². The summed E-state index contributed by atoms with van der Waals surface area (Å²) in [6, 6.07) is 11.9. The van der Waals surface area contributed by atoms with Crippen molar-refractivity contribution < 1.29 is 9.18 Å². The molecular formula is C16H17FN2O. The van der Waals surface area contributed by atoms with Crippen LogP contribution in [-0.4, -0.2) is 13.0 Å². The van der Waals surface area contributed by atoms with Crippen LogP contribution in [0.4, 0.5) is 10.1 Å². The number of aryl methyl sites for hydroxylation is 1.